The van der Waals surface area contributed by atoms with E-state index in [-0.39, 0.29) is 24.6 Å². The van der Waals surface area contributed by atoms with E-state index < -0.39 is 6.10 Å². The Morgan fingerprint density at radius 1 is 1.09 bits per heavy atom. The van der Waals surface area contributed by atoms with Gasteiger partial charge in [-0.2, -0.15) is 0 Å². The summed E-state index contributed by atoms with van der Waals surface area (Å²) in [5, 5.41) is 17.1. The normalized spacial score (nSPS) is 17.9. The van der Waals surface area contributed by atoms with E-state index in [1.54, 1.807) is 12.1 Å². The van der Waals surface area contributed by atoms with Gasteiger partial charge in [0.1, 0.15) is 24.2 Å². The first-order chi connectivity index (χ1) is 21.5. The number of aromatic nitrogens is 2. The number of rotatable bonds is 11. The number of oxazole rings is 1. The molecular formula is C34H39N5O5. The lowest BCUT2D eigenvalue weighted by atomic mass is 9.92. The van der Waals surface area contributed by atoms with Crippen molar-refractivity contribution >= 4 is 5.91 Å². The Hall–Kier alpha value is -4.25. The first kappa shape index (κ1) is 29.8. The quantitative estimate of drug-likeness (QED) is 0.237. The van der Waals surface area contributed by atoms with Crippen molar-refractivity contribution in [2.45, 2.75) is 64.1 Å². The topological polar surface area (TPSA) is 122 Å². The van der Waals surface area contributed by atoms with Crippen molar-refractivity contribution in [3.8, 4) is 11.5 Å². The van der Waals surface area contributed by atoms with Crippen molar-refractivity contribution in [2.24, 2.45) is 0 Å². The Labute approximate surface area is 257 Å². The number of benzene rings is 2. The number of aryl methyl sites for hydroxylation is 1. The summed E-state index contributed by atoms with van der Waals surface area (Å²) in [6.07, 6.45) is 7.09. The monoisotopic (exact) mass is 597 g/mol. The summed E-state index contributed by atoms with van der Waals surface area (Å²) in [5.41, 5.74) is 4.91. The second-order valence-electron chi connectivity index (χ2n) is 11.5. The maximum absolute atomic E-state index is 12.8. The zero-order chi connectivity index (χ0) is 30.3. The predicted molar refractivity (Wildman–Crippen MR) is 164 cm³/mol. The molecule has 0 spiro atoms. The van der Waals surface area contributed by atoms with Gasteiger partial charge in [0.15, 0.2) is 12.2 Å². The molecule has 2 aromatic heterocycles. The number of nitrogens with zero attached hydrogens (tertiary/aromatic N) is 3. The molecule has 1 fully saturated rings. The number of aliphatic hydroxyl groups is 1. The maximum atomic E-state index is 12.8. The van der Waals surface area contributed by atoms with Crippen LogP contribution in [0.1, 0.15) is 51.3 Å². The van der Waals surface area contributed by atoms with Crippen LogP contribution < -0.4 is 20.1 Å². The van der Waals surface area contributed by atoms with E-state index in [1.807, 2.05) is 49.6 Å². The number of pyridine rings is 1. The van der Waals surface area contributed by atoms with Gasteiger partial charge >= 0.3 is 0 Å². The minimum absolute atomic E-state index is 0.153. The molecule has 0 aliphatic carbocycles. The van der Waals surface area contributed by atoms with Crippen LogP contribution in [0, 0.1) is 6.92 Å². The van der Waals surface area contributed by atoms with Crippen molar-refractivity contribution in [2.75, 3.05) is 19.6 Å². The number of amides is 1. The summed E-state index contributed by atoms with van der Waals surface area (Å²) < 4.78 is 17.4. The van der Waals surface area contributed by atoms with Crippen LogP contribution in [0.25, 0.3) is 0 Å². The van der Waals surface area contributed by atoms with E-state index in [4.69, 9.17) is 13.9 Å². The Kier molecular flexibility index (Phi) is 9.50. The highest BCUT2D eigenvalue weighted by molar-refractivity contribution is 5.94. The summed E-state index contributed by atoms with van der Waals surface area (Å²) >= 11 is 0. The highest BCUT2D eigenvalue weighted by atomic mass is 16.5. The zero-order valence-corrected chi connectivity index (χ0v) is 24.9. The van der Waals surface area contributed by atoms with Crippen LogP contribution in [0.3, 0.4) is 0 Å². The molecular weight excluding hydrogens is 558 g/mol. The van der Waals surface area contributed by atoms with Crippen LogP contribution in [0.4, 0.5) is 0 Å². The summed E-state index contributed by atoms with van der Waals surface area (Å²) in [7, 11) is 0. The number of carbonyl (C=O) groups excluding carboxylic acids is 1. The van der Waals surface area contributed by atoms with E-state index in [0.717, 1.165) is 60.8 Å². The third-order valence-electron chi connectivity index (χ3n) is 8.43. The second kappa shape index (κ2) is 14.0. The van der Waals surface area contributed by atoms with Gasteiger partial charge in [-0.25, -0.2) is 4.98 Å². The van der Waals surface area contributed by atoms with Crippen molar-refractivity contribution < 1.29 is 23.8 Å². The number of fused-ring (bicyclic) bond motifs is 1. The number of hydrogen-bond donors (Lipinski definition) is 3. The molecule has 1 saturated heterocycles. The first-order valence-corrected chi connectivity index (χ1v) is 15.2. The van der Waals surface area contributed by atoms with E-state index >= 15 is 0 Å². The molecule has 2 aliphatic rings. The number of carbonyl (C=O) groups is 1. The lowest BCUT2D eigenvalue weighted by Crippen LogP contribution is -2.49. The first-order valence-electron chi connectivity index (χ1n) is 15.2. The molecule has 0 bridgehead atoms. The average Bonchev–Trinajstić information content (AvgIpc) is 3.48. The van der Waals surface area contributed by atoms with Crippen molar-refractivity contribution in [3.05, 3.63) is 107 Å². The molecule has 3 N–H and O–H groups in total. The SMILES string of the molecule is Cc1ncoc1COc1ccc2c(c1)CN[C@H]([C@H](O)CNC(=O)c1ccc(OC3CCN(Cc4ccncc4)CC3)cc1)C2. The van der Waals surface area contributed by atoms with Crippen molar-refractivity contribution in [1.82, 2.24) is 25.5 Å². The van der Waals surface area contributed by atoms with Gasteiger partial charge in [-0.05, 0) is 91.4 Å². The van der Waals surface area contributed by atoms with Crippen LogP contribution in [0.2, 0.25) is 0 Å². The maximum Gasteiger partial charge on any atom is 0.251 e. The van der Waals surface area contributed by atoms with Crippen LogP contribution in [-0.4, -0.2) is 63.8 Å². The average molecular weight is 598 g/mol. The molecule has 0 saturated carbocycles. The lowest BCUT2D eigenvalue weighted by molar-refractivity contribution is 0.0869. The van der Waals surface area contributed by atoms with E-state index in [2.05, 4.69) is 37.6 Å². The fourth-order valence-corrected chi connectivity index (χ4v) is 5.74. The van der Waals surface area contributed by atoms with Crippen LogP contribution >= 0.6 is 0 Å². The van der Waals surface area contributed by atoms with E-state index in [1.165, 1.54) is 12.0 Å². The van der Waals surface area contributed by atoms with Crippen LogP contribution in [-0.2, 0) is 26.1 Å². The third kappa shape index (κ3) is 7.63. The molecule has 10 heteroatoms. The Morgan fingerprint density at radius 2 is 1.86 bits per heavy atom. The van der Waals surface area contributed by atoms with E-state index in [0.29, 0.717) is 30.9 Å². The minimum Gasteiger partial charge on any atom is -0.490 e. The van der Waals surface area contributed by atoms with Gasteiger partial charge < -0.3 is 29.6 Å². The summed E-state index contributed by atoms with van der Waals surface area (Å²) in [5.74, 6) is 2.01. The van der Waals surface area contributed by atoms with Crippen LogP contribution in [0.5, 0.6) is 11.5 Å². The highest BCUT2D eigenvalue weighted by Crippen LogP contribution is 2.25. The molecule has 2 aliphatic heterocycles. The van der Waals surface area contributed by atoms with Gasteiger partial charge in [0.25, 0.3) is 5.91 Å². The number of hydrogen-bond acceptors (Lipinski definition) is 9. The van der Waals surface area contributed by atoms with Crippen molar-refractivity contribution in [1.29, 1.82) is 0 Å². The molecule has 0 unspecified atom stereocenters. The number of ether oxygens (including phenoxy) is 2. The summed E-state index contributed by atoms with van der Waals surface area (Å²) in [6, 6.07) is 17.2. The number of piperidine rings is 1. The standard InChI is InChI=1S/C34H39N5O5/c1-23-33(43-22-38-23)21-42-30-7-4-26-17-31(36-18-27(26)16-30)32(40)19-37-34(41)25-2-5-28(6-3-25)44-29-10-14-39(15-11-29)20-24-8-12-35-13-9-24/h2-9,12-13,16,22,29,31-32,36,40H,10-11,14-15,17-21H2,1H3,(H,37,41)/t31-,32+/m0/s1. The van der Waals surface area contributed by atoms with Gasteiger partial charge in [-0.3, -0.25) is 14.7 Å². The molecule has 6 rings (SSSR count). The third-order valence-corrected chi connectivity index (χ3v) is 8.43. The molecule has 44 heavy (non-hydrogen) atoms. The fraction of sp³-hybridized carbons (Fsp3) is 0.382. The van der Waals surface area contributed by atoms with Gasteiger partial charge in [-0.1, -0.05) is 6.07 Å². The minimum atomic E-state index is -0.732. The van der Waals surface area contributed by atoms with Gasteiger partial charge in [0.2, 0.25) is 0 Å². The summed E-state index contributed by atoms with van der Waals surface area (Å²) in [6.45, 7) is 5.86. The second-order valence-corrected chi connectivity index (χ2v) is 11.5. The molecule has 4 heterocycles. The van der Waals surface area contributed by atoms with E-state index in [9.17, 15) is 9.90 Å². The molecule has 0 radical (unpaired) electrons. The molecule has 2 aromatic carbocycles. The zero-order valence-electron chi connectivity index (χ0n) is 24.9. The molecule has 1 amide bonds. The molecule has 10 nitrogen and oxygen atoms in total. The van der Waals surface area contributed by atoms with Gasteiger partial charge in [0.05, 0.1) is 11.8 Å². The Morgan fingerprint density at radius 3 is 2.61 bits per heavy atom. The van der Waals surface area contributed by atoms with Crippen LogP contribution in [0.15, 0.2) is 77.8 Å². The summed E-state index contributed by atoms with van der Waals surface area (Å²) in [4.78, 5) is 23.4. The Balaban J connectivity index is 0.922. The lowest BCUT2D eigenvalue weighted by Gasteiger charge is -2.32. The largest absolute Gasteiger partial charge is 0.490 e. The van der Waals surface area contributed by atoms with Crippen molar-refractivity contribution in [3.63, 3.8) is 0 Å². The predicted octanol–water partition coefficient (Wildman–Crippen LogP) is 3.81. The highest BCUT2D eigenvalue weighted by Gasteiger charge is 2.26. The molecule has 2 atom stereocenters. The number of nitrogens with one attached hydrogen (secondary N) is 2. The molecule has 4 aromatic rings. The van der Waals surface area contributed by atoms with Gasteiger partial charge in [-0.15, -0.1) is 0 Å². The number of aliphatic hydroxyl groups excluding tert-OH is 1. The number of likely N-dealkylation sites (tertiary alicyclic amines) is 1. The Bertz CT molecular complexity index is 1520. The smallest absolute Gasteiger partial charge is 0.251 e. The van der Waals surface area contributed by atoms with Gasteiger partial charge in [0, 0.05) is 56.7 Å². The molecule has 230 valence electrons. The fourth-order valence-electron chi connectivity index (χ4n) is 5.74.